The van der Waals surface area contributed by atoms with Crippen LogP contribution in [0.15, 0.2) is 24.3 Å². The third-order valence-electron chi connectivity index (χ3n) is 5.79. The van der Waals surface area contributed by atoms with Gasteiger partial charge in [-0.15, -0.1) is 0 Å². The molecule has 2 aliphatic heterocycles. The number of likely N-dealkylation sites (tertiary alicyclic amines) is 1. The molecule has 2 heterocycles. The van der Waals surface area contributed by atoms with Gasteiger partial charge in [0.15, 0.2) is 0 Å². The van der Waals surface area contributed by atoms with Crippen molar-refractivity contribution >= 4 is 11.7 Å². The minimum absolute atomic E-state index is 0.0764. The summed E-state index contributed by atoms with van der Waals surface area (Å²) in [6, 6.07) is 8.19. The van der Waals surface area contributed by atoms with Gasteiger partial charge in [0, 0.05) is 44.5 Å². The maximum absolute atomic E-state index is 12.4. The summed E-state index contributed by atoms with van der Waals surface area (Å²) in [6.45, 7) is 9.84. The van der Waals surface area contributed by atoms with E-state index in [4.69, 9.17) is 4.74 Å². The van der Waals surface area contributed by atoms with Crippen molar-refractivity contribution in [1.82, 2.24) is 15.1 Å². The second kappa shape index (κ2) is 9.83. The first kappa shape index (κ1) is 19.8. The quantitative estimate of drug-likeness (QED) is 0.778. The molecule has 2 aliphatic rings. The van der Waals surface area contributed by atoms with Gasteiger partial charge in [0.05, 0.1) is 7.11 Å². The van der Waals surface area contributed by atoms with E-state index in [0.717, 1.165) is 63.0 Å². The minimum Gasteiger partial charge on any atom is -0.497 e. The van der Waals surface area contributed by atoms with Crippen molar-refractivity contribution in [2.75, 3.05) is 64.4 Å². The van der Waals surface area contributed by atoms with Gasteiger partial charge in [-0.3, -0.25) is 0 Å². The Balaban J connectivity index is 1.33. The largest absolute Gasteiger partial charge is 0.497 e. The molecule has 1 aromatic carbocycles. The molecule has 1 aromatic rings. The standard InChI is InChI=1S/C21H34N4O2/c1-18-7-11-23(12-8-18)10-4-9-22-21(26)25-15-13-24(14-16-25)19-5-3-6-20(17-19)27-2/h3,5-6,17-18H,4,7-16H2,1-2H3,(H,22,26). The van der Waals surface area contributed by atoms with Crippen LogP contribution in [0, 0.1) is 5.92 Å². The van der Waals surface area contributed by atoms with Gasteiger partial charge in [0.2, 0.25) is 0 Å². The van der Waals surface area contributed by atoms with E-state index in [9.17, 15) is 4.79 Å². The van der Waals surface area contributed by atoms with Crippen molar-refractivity contribution < 1.29 is 9.53 Å². The number of hydrogen-bond acceptors (Lipinski definition) is 4. The van der Waals surface area contributed by atoms with Gasteiger partial charge in [-0.25, -0.2) is 4.79 Å². The van der Waals surface area contributed by atoms with E-state index >= 15 is 0 Å². The first-order valence-electron chi connectivity index (χ1n) is 10.3. The Morgan fingerprint density at radius 3 is 2.59 bits per heavy atom. The van der Waals surface area contributed by atoms with Crippen molar-refractivity contribution in [2.45, 2.75) is 26.2 Å². The molecular formula is C21H34N4O2. The fourth-order valence-electron chi connectivity index (χ4n) is 3.87. The number of rotatable bonds is 6. The normalized spacial score (nSPS) is 19.2. The molecule has 2 saturated heterocycles. The Labute approximate surface area is 163 Å². The molecule has 0 atom stereocenters. The molecule has 150 valence electrons. The number of hydrogen-bond donors (Lipinski definition) is 1. The molecule has 0 aromatic heterocycles. The van der Waals surface area contributed by atoms with E-state index in [1.54, 1.807) is 7.11 Å². The fraction of sp³-hybridized carbons (Fsp3) is 0.667. The Kier molecular flexibility index (Phi) is 7.21. The Morgan fingerprint density at radius 1 is 1.15 bits per heavy atom. The Bertz CT molecular complexity index is 594. The van der Waals surface area contributed by atoms with E-state index in [2.05, 4.69) is 34.2 Å². The third kappa shape index (κ3) is 5.76. The van der Waals surface area contributed by atoms with Crippen molar-refractivity contribution in [3.8, 4) is 5.75 Å². The molecular weight excluding hydrogens is 340 g/mol. The summed E-state index contributed by atoms with van der Waals surface area (Å²) in [4.78, 5) is 19.2. The van der Waals surface area contributed by atoms with Crippen LogP contribution >= 0.6 is 0 Å². The molecule has 6 heteroatoms. The fourth-order valence-corrected chi connectivity index (χ4v) is 3.87. The molecule has 6 nitrogen and oxygen atoms in total. The maximum Gasteiger partial charge on any atom is 0.317 e. The Hall–Kier alpha value is -1.95. The Morgan fingerprint density at radius 2 is 1.89 bits per heavy atom. The number of piperazine rings is 1. The molecule has 0 radical (unpaired) electrons. The first-order chi connectivity index (χ1) is 13.2. The number of piperidine rings is 1. The number of urea groups is 1. The molecule has 2 amide bonds. The number of ether oxygens (including phenoxy) is 1. The highest BCUT2D eigenvalue weighted by atomic mass is 16.5. The lowest BCUT2D eigenvalue weighted by atomic mass is 9.99. The number of methoxy groups -OCH3 is 1. The predicted octanol–water partition coefficient (Wildman–Crippen LogP) is 2.65. The zero-order chi connectivity index (χ0) is 19.1. The van der Waals surface area contributed by atoms with E-state index < -0.39 is 0 Å². The molecule has 0 spiro atoms. The summed E-state index contributed by atoms with van der Waals surface area (Å²) >= 11 is 0. The molecule has 1 N–H and O–H groups in total. The number of nitrogens with one attached hydrogen (secondary N) is 1. The van der Waals surface area contributed by atoms with E-state index in [1.165, 1.54) is 25.9 Å². The van der Waals surface area contributed by atoms with Gasteiger partial charge in [-0.1, -0.05) is 13.0 Å². The lowest BCUT2D eigenvalue weighted by Crippen LogP contribution is -2.52. The van der Waals surface area contributed by atoms with Crippen molar-refractivity contribution in [3.63, 3.8) is 0 Å². The molecule has 0 unspecified atom stereocenters. The summed E-state index contributed by atoms with van der Waals surface area (Å²) in [5.74, 6) is 1.74. The number of anilines is 1. The van der Waals surface area contributed by atoms with Crippen LogP contribution < -0.4 is 15.0 Å². The van der Waals surface area contributed by atoms with Crippen LogP contribution in [0.4, 0.5) is 10.5 Å². The maximum atomic E-state index is 12.4. The summed E-state index contributed by atoms with van der Waals surface area (Å²) < 4.78 is 5.30. The lowest BCUT2D eigenvalue weighted by Gasteiger charge is -2.36. The van der Waals surface area contributed by atoms with Gasteiger partial charge in [-0.05, 0) is 56.9 Å². The highest BCUT2D eigenvalue weighted by molar-refractivity contribution is 5.74. The summed E-state index contributed by atoms with van der Waals surface area (Å²) in [5.41, 5.74) is 1.16. The summed E-state index contributed by atoms with van der Waals surface area (Å²) in [5, 5.41) is 3.10. The van der Waals surface area contributed by atoms with Crippen molar-refractivity contribution in [3.05, 3.63) is 24.3 Å². The molecule has 2 fully saturated rings. The number of amides is 2. The van der Waals surface area contributed by atoms with Crippen molar-refractivity contribution in [1.29, 1.82) is 0 Å². The van der Waals surface area contributed by atoms with Crippen LogP contribution in [0.5, 0.6) is 5.75 Å². The van der Waals surface area contributed by atoms with Gasteiger partial charge in [-0.2, -0.15) is 0 Å². The second-order valence-corrected chi connectivity index (χ2v) is 7.79. The number of nitrogens with zero attached hydrogens (tertiary/aromatic N) is 3. The topological polar surface area (TPSA) is 48.1 Å². The van der Waals surface area contributed by atoms with Gasteiger partial charge in [0.25, 0.3) is 0 Å². The number of carbonyl (C=O) groups is 1. The minimum atomic E-state index is 0.0764. The summed E-state index contributed by atoms with van der Waals surface area (Å²) in [6.07, 6.45) is 3.65. The van der Waals surface area contributed by atoms with Crippen LogP contribution in [-0.2, 0) is 0 Å². The smallest absolute Gasteiger partial charge is 0.317 e. The number of carbonyl (C=O) groups excluding carboxylic acids is 1. The van der Waals surface area contributed by atoms with Crippen LogP contribution in [0.3, 0.4) is 0 Å². The average molecular weight is 375 g/mol. The summed E-state index contributed by atoms with van der Waals surface area (Å²) in [7, 11) is 1.69. The zero-order valence-electron chi connectivity index (χ0n) is 16.8. The van der Waals surface area contributed by atoms with Gasteiger partial charge < -0.3 is 24.8 Å². The lowest BCUT2D eigenvalue weighted by molar-refractivity contribution is 0.184. The van der Waals surface area contributed by atoms with Crippen molar-refractivity contribution in [2.24, 2.45) is 5.92 Å². The predicted molar refractivity (Wildman–Crippen MR) is 110 cm³/mol. The number of benzene rings is 1. The van der Waals surface area contributed by atoms with Gasteiger partial charge in [0.1, 0.15) is 5.75 Å². The average Bonchev–Trinajstić information content (AvgIpc) is 2.72. The molecule has 0 bridgehead atoms. The second-order valence-electron chi connectivity index (χ2n) is 7.79. The molecule has 27 heavy (non-hydrogen) atoms. The molecule has 3 rings (SSSR count). The van der Waals surface area contributed by atoms with Crippen LogP contribution in [0.25, 0.3) is 0 Å². The van der Waals surface area contributed by atoms with E-state index in [1.807, 2.05) is 17.0 Å². The molecule has 0 saturated carbocycles. The third-order valence-corrected chi connectivity index (χ3v) is 5.79. The zero-order valence-corrected chi connectivity index (χ0v) is 16.8. The van der Waals surface area contributed by atoms with Crippen LogP contribution in [-0.4, -0.2) is 75.3 Å². The highest BCUT2D eigenvalue weighted by Gasteiger charge is 2.21. The van der Waals surface area contributed by atoms with E-state index in [-0.39, 0.29) is 6.03 Å². The molecule has 0 aliphatic carbocycles. The SMILES string of the molecule is COc1cccc(N2CCN(C(=O)NCCCN3CCC(C)CC3)CC2)c1. The highest BCUT2D eigenvalue weighted by Crippen LogP contribution is 2.22. The van der Waals surface area contributed by atoms with E-state index in [0.29, 0.717) is 0 Å². The first-order valence-corrected chi connectivity index (χ1v) is 10.3. The van der Waals surface area contributed by atoms with Gasteiger partial charge >= 0.3 is 6.03 Å². The monoisotopic (exact) mass is 374 g/mol. The van der Waals surface area contributed by atoms with Crippen LogP contribution in [0.2, 0.25) is 0 Å². The van der Waals surface area contributed by atoms with Crippen LogP contribution in [0.1, 0.15) is 26.2 Å².